The van der Waals surface area contributed by atoms with Gasteiger partial charge in [0.2, 0.25) is 0 Å². The van der Waals surface area contributed by atoms with E-state index in [2.05, 4.69) is 6.58 Å². The summed E-state index contributed by atoms with van der Waals surface area (Å²) < 4.78 is 0. The molecule has 0 bridgehead atoms. The van der Waals surface area contributed by atoms with Gasteiger partial charge in [0, 0.05) is 17.1 Å². The van der Waals surface area contributed by atoms with Crippen LogP contribution in [-0.4, -0.2) is 0 Å². The molecule has 0 saturated heterocycles. The Kier molecular flexibility index (Phi) is 4.11. The van der Waals surface area contributed by atoms with Crippen LogP contribution in [0.15, 0.2) is 36.9 Å². The fraction of sp³-hybridized carbons (Fsp3) is 0. The maximum Gasteiger partial charge on any atom is 0 e. The minimum absolute atomic E-state index is 0. The first-order chi connectivity index (χ1) is 3.93. The van der Waals surface area contributed by atoms with Crippen LogP contribution in [0.3, 0.4) is 0 Å². The molecule has 0 atom stereocenters. The third-order valence-corrected chi connectivity index (χ3v) is 1.04. The summed E-state index contributed by atoms with van der Waals surface area (Å²) >= 11 is 0. The largest absolute Gasteiger partial charge is 0.0985 e. The van der Waals surface area contributed by atoms with Crippen molar-refractivity contribution in [2.24, 2.45) is 0 Å². The molecule has 0 saturated carbocycles. The molecule has 0 spiro atoms. The van der Waals surface area contributed by atoms with E-state index in [0.717, 1.165) is 0 Å². The molecule has 0 aliphatic heterocycles. The van der Waals surface area contributed by atoms with Gasteiger partial charge in [-0.15, -0.1) is 0 Å². The third kappa shape index (κ3) is 2.50. The molecule has 51 valence electrons. The van der Waals surface area contributed by atoms with Crippen molar-refractivity contribution >= 4 is 6.08 Å². The third-order valence-electron chi connectivity index (χ3n) is 1.04. The van der Waals surface area contributed by atoms with E-state index in [9.17, 15) is 0 Å². The van der Waals surface area contributed by atoms with Gasteiger partial charge in [-0.3, -0.25) is 0 Å². The van der Waals surface area contributed by atoms with Crippen molar-refractivity contribution in [2.75, 3.05) is 0 Å². The molecule has 0 amide bonds. The van der Waals surface area contributed by atoms with Crippen LogP contribution in [0.25, 0.3) is 6.08 Å². The van der Waals surface area contributed by atoms with Crippen molar-refractivity contribution in [3.05, 3.63) is 42.5 Å². The zero-order chi connectivity index (χ0) is 5.82. The molecule has 0 aromatic heterocycles. The molecule has 0 fully saturated rings. The molecule has 1 radical (unpaired) electrons. The first-order valence-electron chi connectivity index (χ1n) is 2.61. The molecular weight excluding hydrogens is 160 g/mol. The predicted octanol–water partition coefficient (Wildman–Crippen LogP) is 2.33. The van der Waals surface area contributed by atoms with Gasteiger partial charge in [-0.1, -0.05) is 43.0 Å². The summed E-state index contributed by atoms with van der Waals surface area (Å²) in [5.74, 6) is 0. The second-order valence-corrected chi connectivity index (χ2v) is 1.61. The summed E-state index contributed by atoms with van der Waals surface area (Å²) in [5, 5.41) is 0. The van der Waals surface area contributed by atoms with Crippen LogP contribution in [0.4, 0.5) is 0 Å². The van der Waals surface area contributed by atoms with Gasteiger partial charge >= 0.3 is 0 Å². The monoisotopic (exact) mass is 167 g/mol. The second kappa shape index (κ2) is 4.37. The Balaban J connectivity index is 0.000000640. The van der Waals surface area contributed by atoms with Gasteiger partial charge in [0.05, 0.1) is 0 Å². The molecule has 0 unspecified atom stereocenters. The smallest absolute Gasteiger partial charge is 0 e. The maximum atomic E-state index is 3.63. The molecule has 0 N–H and O–H groups in total. The van der Waals surface area contributed by atoms with E-state index in [-0.39, 0.29) is 17.1 Å². The molecule has 1 aromatic carbocycles. The van der Waals surface area contributed by atoms with Gasteiger partial charge in [-0.25, -0.2) is 0 Å². The van der Waals surface area contributed by atoms with E-state index in [1.807, 2.05) is 36.4 Å². The Bertz CT molecular complexity index is 167. The number of benzene rings is 1. The van der Waals surface area contributed by atoms with Crippen molar-refractivity contribution in [3.8, 4) is 0 Å². The van der Waals surface area contributed by atoms with Crippen molar-refractivity contribution in [1.82, 2.24) is 0 Å². The second-order valence-electron chi connectivity index (χ2n) is 1.61. The fourth-order valence-electron chi connectivity index (χ4n) is 0.589. The zero-order valence-corrected chi connectivity index (χ0v) is 5.91. The Morgan fingerprint density at radius 2 is 1.67 bits per heavy atom. The number of hydrogen-bond acceptors (Lipinski definition) is 0. The van der Waals surface area contributed by atoms with Gasteiger partial charge in [-0.05, 0) is 5.56 Å². The van der Waals surface area contributed by atoms with Crippen molar-refractivity contribution in [1.29, 1.82) is 0 Å². The molecule has 1 heteroatoms. The summed E-state index contributed by atoms with van der Waals surface area (Å²) in [6.07, 6.45) is 1.83. The molecule has 0 nitrogen and oxygen atoms in total. The molecule has 9 heavy (non-hydrogen) atoms. The molecule has 1 rings (SSSR count). The quantitative estimate of drug-likeness (QED) is 0.564. The van der Waals surface area contributed by atoms with E-state index in [0.29, 0.717) is 0 Å². The zero-order valence-electron chi connectivity index (χ0n) is 4.97. The molecule has 0 heterocycles. The van der Waals surface area contributed by atoms with Crippen LogP contribution in [-0.2, 0) is 17.1 Å². The van der Waals surface area contributed by atoms with E-state index in [1.165, 1.54) is 5.56 Å². The number of hydrogen-bond donors (Lipinski definition) is 0. The van der Waals surface area contributed by atoms with Crippen LogP contribution in [0.2, 0.25) is 0 Å². The SMILES string of the molecule is C=Cc1ccccc1.[Cu]. The normalized spacial score (nSPS) is 7.56. The Morgan fingerprint density at radius 3 is 2.00 bits per heavy atom. The average molecular weight is 168 g/mol. The minimum atomic E-state index is 0. The molecule has 1 aromatic rings. The van der Waals surface area contributed by atoms with Crippen LogP contribution in [0.1, 0.15) is 5.56 Å². The summed E-state index contributed by atoms with van der Waals surface area (Å²) in [5.41, 5.74) is 1.17. The van der Waals surface area contributed by atoms with Gasteiger partial charge in [0.1, 0.15) is 0 Å². The van der Waals surface area contributed by atoms with Crippen molar-refractivity contribution < 1.29 is 17.1 Å². The molecule has 0 aliphatic rings. The van der Waals surface area contributed by atoms with Gasteiger partial charge in [0.25, 0.3) is 0 Å². The Morgan fingerprint density at radius 1 is 1.11 bits per heavy atom. The fourth-order valence-corrected chi connectivity index (χ4v) is 0.589. The predicted molar refractivity (Wildman–Crippen MR) is 36.5 cm³/mol. The summed E-state index contributed by atoms with van der Waals surface area (Å²) in [4.78, 5) is 0. The Labute approximate surface area is 66.1 Å². The topological polar surface area (TPSA) is 0 Å². The van der Waals surface area contributed by atoms with E-state index in [4.69, 9.17) is 0 Å². The van der Waals surface area contributed by atoms with Gasteiger partial charge in [0.15, 0.2) is 0 Å². The van der Waals surface area contributed by atoms with Crippen molar-refractivity contribution in [2.45, 2.75) is 0 Å². The van der Waals surface area contributed by atoms with Crippen molar-refractivity contribution in [3.63, 3.8) is 0 Å². The van der Waals surface area contributed by atoms with E-state index in [1.54, 1.807) is 0 Å². The first kappa shape index (κ1) is 8.48. The maximum absolute atomic E-state index is 3.63. The molecular formula is C8H8Cu. The van der Waals surface area contributed by atoms with Crippen LogP contribution < -0.4 is 0 Å². The van der Waals surface area contributed by atoms with E-state index >= 15 is 0 Å². The summed E-state index contributed by atoms with van der Waals surface area (Å²) in [6, 6.07) is 10.0. The minimum Gasteiger partial charge on any atom is -0.0985 e. The first-order valence-corrected chi connectivity index (χ1v) is 2.61. The summed E-state index contributed by atoms with van der Waals surface area (Å²) in [6.45, 7) is 3.63. The van der Waals surface area contributed by atoms with Gasteiger partial charge in [-0.2, -0.15) is 0 Å². The summed E-state index contributed by atoms with van der Waals surface area (Å²) in [7, 11) is 0. The van der Waals surface area contributed by atoms with Gasteiger partial charge < -0.3 is 0 Å². The number of rotatable bonds is 1. The Hall–Kier alpha value is -0.521. The van der Waals surface area contributed by atoms with Crippen LogP contribution in [0.5, 0.6) is 0 Å². The van der Waals surface area contributed by atoms with Crippen LogP contribution in [0, 0.1) is 0 Å². The van der Waals surface area contributed by atoms with E-state index < -0.39 is 0 Å². The van der Waals surface area contributed by atoms with Crippen LogP contribution >= 0.6 is 0 Å². The molecule has 0 aliphatic carbocycles. The average Bonchev–Trinajstić information content (AvgIpc) is 1.90. The standard InChI is InChI=1S/C8H8.Cu/c1-2-8-6-4-3-5-7-8;/h2-7H,1H2;.